The summed E-state index contributed by atoms with van der Waals surface area (Å²) in [5, 5.41) is 0.666. The molecular weight excluding hydrogens is 274 g/mol. The molecule has 0 spiro atoms. The molecule has 0 saturated carbocycles. The number of hydrogen-bond donors (Lipinski definition) is 0. The number of nitrogens with zero attached hydrogens (tertiary/aromatic N) is 3. The van der Waals surface area contributed by atoms with Gasteiger partial charge < -0.3 is 4.57 Å². The van der Waals surface area contributed by atoms with E-state index in [1.807, 2.05) is 30.3 Å². The van der Waals surface area contributed by atoms with E-state index < -0.39 is 0 Å². The number of rotatable bonds is 3. The Hall–Kier alpha value is -2.20. The molecule has 0 N–H and O–H groups in total. The van der Waals surface area contributed by atoms with Gasteiger partial charge in [-0.05, 0) is 23.8 Å². The number of aromatic nitrogens is 3. The lowest BCUT2D eigenvalue weighted by Crippen LogP contribution is -2.09. The van der Waals surface area contributed by atoms with E-state index in [-0.39, 0.29) is 5.78 Å². The van der Waals surface area contributed by atoms with Gasteiger partial charge in [-0.25, -0.2) is 9.97 Å². The van der Waals surface area contributed by atoms with Crippen LogP contribution in [0.3, 0.4) is 0 Å². The molecule has 100 valence electrons. The van der Waals surface area contributed by atoms with E-state index in [0.29, 0.717) is 28.6 Å². The number of ketones is 1. The fourth-order valence-corrected chi connectivity index (χ4v) is 2.37. The number of Topliss-reactive ketones (excluding diaryl/α,β-unsaturated/α-hetero) is 1. The van der Waals surface area contributed by atoms with E-state index in [0.717, 1.165) is 5.56 Å². The van der Waals surface area contributed by atoms with Gasteiger partial charge >= 0.3 is 0 Å². The second-order valence-electron chi connectivity index (χ2n) is 4.52. The van der Waals surface area contributed by atoms with Gasteiger partial charge in [-0.15, -0.1) is 0 Å². The van der Waals surface area contributed by atoms with Crippen molar-refractivity contribution in [3.05, 3.63) is 59.0 Å². The van der Waals surface area contributed by atoms with Gasteiger partial charge in [0.25, 0.3) is 0 Å². The van der Waals surface area contributed by atoms with E-state index in [4.69, 9.17) is 11.6 Å². The molecule has 2 heterocycles. The standard InChI is InChI=1S/C15H12ClN3O/c1-10(20)14-18-13-7-4-8-17-15(13)19(14)9-11-5-2-3-6-12(11)16/h2-8H,9H2,1H3. The Kier molecular flexibility index (Phi) is 3.24. The number of carbonyl (C=O) groups excluding carboxylic acids is 1. The summed E-state index contributed by atoms with van der Waals surface area (Å²) in [5.41, 5.74) is 2.34. The fraction of sp³-hybridized carbons (Fsp3) is 0.133. The molecule has 3 rings (SSSR count). The van der Waals surface area contributed by atoms with E-state index in [1.54, 1.807) is 16.8 Å². The molecular formula is C15H12ClN3O. The minimum absolute atomic E-state index is 0.0879. The molecule has 0 atom stereocenters. The van der Waals surface area contributed by atoms with Crippen LogP contribution >= 0.6 is 11.6 Å². The third-order valence-electron chi connectivity index (χ3n) is 3.10. The minimum atomic E-state index is -0.0879. The maximum Gasteiger partial charge on any atom is 0.195 e. The molecule has 0 saturated heterocycles. The molecule has 3 aromatic rings. The van der Waals surface area contributed by atoms with Crippen molar-refractivity contribution in [2.45, 2.75) is 13.5 Å². The Bertz CT molecular complexity index is 795. The first kappa shape index (κ1) is 12.8. The molecule has 0 bridgehead atoms. The summed E-state index contributed by atoms with van der Waals surface area (Å²) >= 11 is 6.19. The molecule has 20 heavy (non-hydrogen) atoms. The molecule has 0 aliphatic rings. The average Bonchev–Trinajstić information content (AvgIpc) is 2.81. The molecule has 5 heteroatoms. The van der Waals surface area contributed by atoms with Crippen LogP contribution in [-0.4, -0.2) is 20.3 Å². The van der Waals surface area contributed by atoms with Crippen molar-refractivity contribution in [1.29, 1.82) is 0 Å². The maximum absolute atomic E-state index is 11.8. The highest BCUT2D eigenvalue weighted by Gasteiger charge is 2.15. The Morgan fingerprint density at radius 3 is 2.80 bits per heavy atom. The summed E-state index contributed by atoms with van der Waals surface area (Å²) in [4.78, 5) is 20.4. The van der Waals surface area contributed by atoms with Gasteiger partial charge in [0.15, 0.2) is 17.3 Å². The van der Waals surface area contributed by atoms with Gasteiger partial charge in [-0.3, -0.25) is 4.79 Å². The monoisotopic (exact) mass is 285 g/mol. The highest BCUT2D eigenvalue weighted by molar-refractivity contribution is 6.31. The summed E-state index contributed by atoms with van der Waals surface area (Å²) in [5.74, 6) is 0.314. The smallest absolute Gasteiger partial charge is 0.195 e. The first-order valence-corrected chi connectivity index (χ1v) is 6.60. The molecule has 0 fully saturated rings. The first-order chi connectivity index (χ1) is 9.66. The highest BCUT2D eigenvalue weighted by atomic mass is 35.5. The van der Waals surface area contributed by atoms with Crippen molar-refractivity contribution >= 4 is 28.5 Å². The van der Waals surface area contributed by atoms with Crippen molar-refractivity contribution in [1.82, 2.24) is 14.5 Å². The number of imidazole rings is 1. The summed E-state index contributed by atoms with van der Waals surface area (Å²) in [7, 11) is 0. The quantitative estimate of drug-likeness (QED) is 0.694. The van der Waals surface area contributed by atoms with Crippen LogP contribution in [0.15, 0.2) is 42.6 Å². The first-order valence-electron chi connectivity index (χ1n) is 6.22. The normalized spacial score (nSPS) is 10.9. The van der Waals surface area contributed by atoms with Crippen LogP contribution in [0, 0.1) is 0 Å². The number of halogens is 1. The Morgan fingerprint density at radius 2 is 2.05 bits per heavy atom. The SMILES string of the molecule is CC(=O)c1nc2cccnc2n1Cc1ccccc1Cl. The minimum Gasteiger partial charge on any atom is -0.302 e. The van der Waals surface area contributed by atoms with Crippen molar-refractivity contribution < 1.29 is 4.79 Å². The zero-order chi connectivity index (χ0) is 14.1. The topological polar surface area (TPSA) is 47.8 Å². The molecule has 1 aromatic carbocycles. The Balaban J connectivity index is 2.17. The second-order valence-corrected chi connectivity index (χ2v) is 4.92. The average molecular weight is 286 g/mol. The van der Waals surface area contributed by atoms with Gasteiger partial charge in [0.1, 0.15) is 5.52 Å². The molecule has 0 aliphatic carbocycles. The summed E-state index contributed by atoms with van der Waals surface area (Å²) in [6.45, 7) is 1.98. The van der Waals surface area contributed by atoms with Crippen LogP contribution in [-0.2, 0) is 6.54 Å². The summed E-state index contributed by atoms with van der Waals surface area (Å²) in [6, 6.07) is 11.2. The zero-order valence-corrected chi connectivity index (χ0v) is 11.6. The van der Waals surface area contributed by atoms with Gasteiger partial charge in [0, 0.05) is 18.1 Å². The molecule has 0 aliphatic heterocycles. The van der Waals surface area contributed by atoms with E-state index in [2.05, 4.69) is 9.97 Å². The molecule has 0 amide bonds. The van der Waals surface area contributed by atoms with Gasteiger partial charge in [-0.2, -0.15) is 0 Å². The third-order valence-corrected chi connectivity index (χ3v) is 3.47. The number of carbonyl (C=O) groups is 1. The van der Waals surface area contributed by atoms with Crippen LogP contribution in [0.4, 0.5) is 0 Å². The molecule has 2 aromatic heterocycles. The van der Waals surface area contributed by atoms with Crippen molar-refractivity contribution in [2.75, 3.05) is 0 Å². The fourth-order valence-electron chi connectivity index (χ4n) is 2.17. The lowest BCUT2D eigenvalue weighted by atomic mass is 10.2. The number of benzene rings is 1. The van der Waals surface area contributed by atoms with Crippen LogP contribution < -0.4 is 0 Å². The van der Waals surface area contributed by atoms with E-state index in [9.17, 15) is 4.79 Å². The van der Waals surface area contributed by atoms with E-state index in [1.165, 1.54) is 6.92 Å². The van der Waals surface area contributed by atoms with Crippen LogP contribution in [0.2, 0.25) is 5.02 Å². The summed E-state index contributed by atoms with van der Waals surface area (Å²) in [6.07, 6.45) is 1.69. The largest absolute Gasteiger partial charge is 0.302 e. The lowest BCUT2D eigenvalue weighted by Gasteiger charge is -2.08. The van der Waals surface area contributed by atoms with Crippen molar-refractivity contribution in [2.24, 2.45) is 0 Å². The zero-order valence-electron chi connectivity index (χ0n) is 10.9. The third kappa shape index (κ3) is 2.18. The highest BCUT2D eigenvalue weighted by Crippen LogP contribution is 2.20. The van der Waals surface area contributed by atoms with Crippen molar-refractivity contribution in [3.63, 3.8) is 0 Å². The predicted molar refractivity (Wildman–Crippen MR) is 78.1 cm³/mol. The maximum atomic E-state index is 11.8. The number of hydrogen-bond acceptors (Lipinski definition) is 3. The number of pyridine rings is 1. The molecule has 0 radical (unpaired) electrons. The van der Waals surface area contributed by atoms with Gasteiger partial charge in [0.05, 0.1) is 6.54 Å². The van der Waals surface area contributed by atoms with Crippen LogP contribution in [0.25, 0.3) is 11.2 Å². The lowest BCUT2D eigenvalue weighted by molar-refractivity contribution is 0.100. The summed E-state index contributed by atoms with van der Waals surface area (Å²) < 4.78 is 1.80. The van der Waals surface area contributed by atoms with Gasteiger partial charge in [0.2, 0.25) is 0 Å². The second kappa shape index (κ2) is 5.06. The molecule has 0 unspecified atom stereocenters. The Morgan fingerprint density at radius 1 is 1.25 bits per heavy atom. The van der Waals surface area contributed by atoms with Crippen molar-refractivity contribution in [3.8, 4) is 0 Å². The Labute approximate surface area is 121 Å². The molecule has 4 nitrogen and oxygen atoms in total. The van der Waals surface area contributed by atoms with Crippen LogP contribution in [0.1, 0.15) is 23.1 Å². The number of fused-ring (bicyclic) bond motifs is 1. The van der Waals surface area contributed by atoms with E-state index >= 15 is 0 Å². The predicted octanol–water partition coefficient (Wildman–Crippen LogP) is 3.34. The van der Waals surface area contributed by atoms with Gasteiger partial charge in [-0.1, -0.05) is 29.8 Å². The van der Waals surface area contributed by atoms with Crippen LogP contribution in [0.5, 0.6) is 0 Å².